The third-order valence-corrected chi connectivity index (χ3v) is 5.23. The topological polar surface area (TPSA) is 78.8 Å². The molecule has 2 amide bonds. The highest BCUT2D eigenvalue weighted by atomic mass is 19.1. The molecule has 33 heavy (non-hydrogen) atoms. The van der Waals surface area contributed by atoms with Gasteiger partial charge in [0.1, 0.15) is 11.6 Å². The van der Waals surface area contributed by atoms with E-state index in [9.17, 15) is 23.2 Å². The zero-order valence-electron chi connectivity index (χ0n) is 17.6. The van der Waals surface area contributed by atoms with Crippen LogP contribution < -0.4 is 10.3 Å². The van der Waals surface area contributed by atoms with Gasteiger partial charge in [0.25, 0.3) is 11.8 Å². The predicted octanol–water partition coefficient (Wildman–Crippen LogP) is 4.17. The first kappa shape index (κ1) is 22.0. The van der Waals surface area contributed by atoms with Gasteiger partial charge in [-0.25, -0.2) is 8.78 Å². The number of ketones is 1. The van der Waals surface area contributed by atoms with Crippen LogP contribution in [0.4, 0.5) is 14.5 Å². The highest BCUT2D eigenvalue weighted by Crippen LogP contribution is 2.23. The lowest BCUT2D eigenvalue weighted by Crippen LogP contribution is -2.45. The lowest BCUT2D eigenvalue weighted by molar-refractivity contribution is -0.125. The Morgan fingerprint density at radius 1 is 0.879 bits per heavy atom. The molecule has 1 aliphatic heterocycles. The second kappa shape index (κ2) is 9.12. The van der Waals surface area contributed by atoms with Crippen LogP contribution in [-0.4, -0.2) is 23.3 Å². The van der Waals surface area contributed by atoms with Gasteiger partial charge in [-0.2, -0.15) is 10.1 Å². The monoisotopic (exact) mass is 447 g/mol. The van der Waals surface area contributed by atoms with E-state index in [2.05, 4.69) is 10.4 Å². The molecular formula is C25H19F2N3O3. The first-order valence-electron chi connectivity index (χ1n) is 10.2. The number of nitrogens with one attached hydrogen (secondary N) is 1. The average Bonchev–Trinajstić information content (AvgIpc) is 2.80. The summed E-state index contributed by atoms with van der Waals surface area (Å²) in [5.41, 5.74) is 2.38. The Hall–Kier alpha value is -4.20. The van der Waals surface area contributed by atoms with Crippen LogP contribution in [0.3, 0.4) is 0 Å². The molecule has 0 aromatic heterocycles. The van der Waals surface area contributed by atoms with Crippen LogP contribution in [-0.2, 0) is 14.4 Å². The summed E-state index contributed by atoms with van der Waals surface area (Å²) in [4.78, 5) is 37.3. The molecule has 6 nitrogen and oxygen atoms in total. The zero-order chi connectivity index (χ0) is 23.5. The molecule has 1 aliphatic rings. The number of rotatable bonds is 5. The van der Waals surface area contributed by atoms with Gasteiger partial charge < -0.3 is 5.32 Å². The average molecular weight is 447 g/mol. The van der Waals surface area contributed by atoms with E-state index in [1.807, 2.05) is 24.3 Å². The Labute approximate surface area is 188 Å². The van der Waals surface area contributed by atoms with E-state index in [-0.39, 0.29) is 11.5 Å². The second-order valence-electron chi connectivity index (χ2n) is 7.55. The number of hydrogen-bond donors (Lipinski definition) is 1. The van der Waals surface area contributed by atoms with Crippen molar-refractivity contribution in [3.05, 3.63) is 90.0 Å². The number of hydrogen-bond acceptors (Lipinski definition) is 4. The quantitative estimate of drug-likeness (QED) is 0.597. The maximum Gasteiger partial charge on any atom is 0.275 e. The Morgan fingerprint density at radius 2 is 1.39 bits per heavy atom. The molecular weight excluding hydrogens is 428 g/mol. The minimum atomic E-state index is -0.713. The lowest BCUT2D eigenvalue weighted by Gasteiger charge is -2.23. The summed E-state index contributed by atoms with van der Waals surface area (Å²) in [6.07, 6.45) is -0.510. The van der Waals surface area contributed by atoms with Crippen molar-refractivity contribution < 1.29 is 23.2 Å². The number of amides is 2. The van der Waals surface area contributed by atoms with E-state index in [4.69, 9.17) is 0 Å². The summed E-state index contributed by atoms with van der Waals surface area (Å²) in [5, 5.41) is 7.59. The molecule has 1 unspecified atom stereocenters. The molecule has 0 saturated carbocycles. The minimum Gasteiger partial charge on any atom is -0.344 e. The van der Waals surface area contributed by atoms with Crippen molar-refractivity contribution in [1.29, 1.82) is 0 Å². The number of hydrazone groups is 1. The first-order valence-corrected chi connectivity index (χ1v) is 10.2. The summed E-state index contributed by atoms with van der Waals surface area (Å²) in [7, 11) is 0. The summed E-state index contributed by atoms with van der Waals surface area (Å²) in [6, 6.07) is 18.0. The van der Waals surface area contributed by atoms with Crippen molar-refractivity contribution in [3.63, 3.8) is 0 Å². The van der Waals surface area contributed by atoms with Crippen LogP contribution in [0.5, 0.6) is 0 Å². The van der Waals surface area contributed by atoms with Crippen LogP contribution in [0.2, 0.25) is 0 Å². The van der Waals surface area contributed by atoms with Gasteiger partial charge in [0.2, 0.25) is 0 Å². The van der Waals surface area contributed by atoms with E-state index in [1.54, 1.807) is 19.1 Å². The van der Waals surface area contributed by atoms with Gasteiger partial charge in [0, 0.05) is 0 Å². The van der Waals surface area contributed by atoms with Crippen molar-refractivity contribution in [1.82, 2.24) is 5.32 Å². The fourth-order valence-corrected chi connectivity index (χ4v) is 3.42. The number of halogens is 2. The number of nitrogens with zero attached hydrogens (tertiary/aromatic N) is 2. The molecule has 0 bridgehead atoms. The molecule has 0 fully saturated rings. The molecule has 1 heterocycles. The number of Topliss-reactive ketones (excluding diaryl/α,β-unsaturated/α-hetero) is 1. The number of carbonyl (C=O) groups excluding carboxylic acids is 3. The molecule has 0 radical (unpaired) electrons. The summed E-state index contributed by atoms with van der Waals surface area (Å²) in [6.45, 7) is 1.75. The van der Waals surface area contributed by atoms with Crippen LogP contribution in [0.1, 0.15) is 24.9 Å². The fraction of sp³-hybridized carbons (Fsp3) is 0.120. The van der Waals surface area contributed by atoms with E-state index in [0.29, 0.717) is 0 Å². The van der Waals surface area contributed by atoms with Gasteiger partial charge in [-0.1, -0.05) is 36.4 Å². The predicted molar refractivity (Wildman–Crippen MR) is 119 cm³/mol. The molecule has 3 aromatic rings. The van der Waals surface area contributed by atoms with E-state index in [0.717, 1.165) is 33.8 Å². The Kier molecular flexibility index (Phi) is 6.08. The van der Waals surface area contributed by atoms with Crippen LogP contribution in [0.15, 0.2) is 77.9 Å². The van der Waals surface area contributed by atoms with Crippen molar-refractivity contribution in [2.45, 2.75) is 19.4 Å². The molecule has 1 atom stereocenters. The molecule has 4 rings (SSSR count). The summed E-state index contributed by atoms with van der Waals surface area (Å²) >= 11 is 0. The largest absolute Gasteiger partial charge is 0.344 e. The lowest BCUT2D eigenvalue weighted by atomic mass is 10.0. The van der Waals surface area contributed by atoms with Gasteiger partial charge in [-0.3, -0.25) is 14.4 Å². The standard InChI is InChI=1S/C25H19F2N3O3/c1-15(16-2-4-17(5-3-16)18-6-8-19(26)9-7-18)28-25(33)24-22(31)14-23(32)30(29-24)21-12-10-20(27)11-13-21/h2-13,15H,14H2,1H3,(H,28,33). The van der Waals surface area contributed by atoms with Crippen LogP contribution >= 0.6 is 0 Å². The zero-order valence-corrected chi connectivity index (χ0v) is 17.6. The number of anilines is 1. The SMILES string of the molecule is CC(NC(=O)C1=NN(c2ccc(F)cc2)C(=O)CC1=O)c1ccc(-c2ccc(F)cc2)cc1. The van der Waals surface area contributed by atoms with Gasteiger partial charge in [0.15, 0.2) is 11.5 Å². The molecule has 1 N–H and O–H groups in total. The maximum absolute atomic E-state index is 13.2. The van der Waals surface area contributed by atoms with Gasteiger partial charge in [-0.15, -0.1) is 0 Å². The normalized spacial score (nSPS) is 14.6. The van der Waals surface area contributed by atoms with Gasteiger partial charge >= 0.3 is 0 Å². The summed E-state index contributed by atoms with van der Waals surface area (Å²) in [5.74, 6) is -2.80. The summed E-state index contributed by atoms with van der Waals surface area (Å²) < 4.78 is 26.3. The third kappa shape index (κ3) is 4.85. The Morgan fingerprint density at radius 3 is 1.97 bits per heavy atom. The maximum atomic E-state index is 13.2. The van der Waals surface area contributed by atoms with E-state index >= 15 is 0 Å². The first-order chi connectivity index (χ1) is 15.8. The molecule has 3 aromatic carbocycles. The fourth-order valence-electron chi connectivity index (χ4n) is 3.42. The van der Waals surface area contributed by atoms with Crippen LogP contribution in [0.25, 0.3) is 11.1 Å². The van der Waals surface area contributed by atoms with Gasteiger partial charge in [-0.05, 0) is 60.0 Å². The molecule has 0 spiro atoms. The van der Waals surface area contributed by atoms with Crippen molar-refractivity contribution in [2.24, 2.45) is 5.10 Å². The number of benzene rings is 3. The highest BCUT2D eigenvalue weighted by molar-refractivity contribution is 6.67. The smallest absolute Gasteiger partial charge is 0.275 e. The van der Waals surface area contributed by atoms with E-state index < -0.39 is 41.6 Å². The molecule has 8 heteroatoms. The Balaban J connectivity index is 1.49. The van der Waals surface area contributed by atoms with Gasteiger partial charge in [0.05, 0.1) is 18.2 Å². The molecule has 166 valence electrons. The minimum absolute atomic E-state index is 0.253. The second-order valence-corrected chi connectivity index (χ2v) is 7.55. The van der Waals surface area contributed by atoms with Crippen molar-refractivity contribution >= 4 is 29.0 Å². The highest BCUT2D eigenvalue weighted by Gasteiger charge is 2.33. The number of carbonyl (C=O) groups is 3. The molecule has 0 saturated heterocycles. The van der Waals surface area contributed by atoms with Crippen molar-refractivity contribution in [3.8, 4) is 11.1 Å². The molecule has 0 aliphatic carbocycles. The Bertz CT molecular complexity index is 1240. The van der Waals surface area contributed by atoms with E-state index in [1.165, 1.54) is 24.3 Å². The third-order valence-electron chi connectivity index (χ3n) is 5.23. The van der Waals surface area contributed by atoms with Crippen LogP contribution in [0, 0.1) is 11.6 Å². The van der Waals surface area contributed by atoms with Crippen molar-refractivity contribution in [2.75, 3.05) is 5.01 Å².